The van der Waals surface area contributed by atoms with Gasteiger partial charge in [0.1, 0.15) is 0 Å². The van der Waals surface area contributed by atoms with Crippen LogP contribution in [0, 0.1) is 0 Å². The van der Waals surface area contributed by atoms with Crippen molar-refractivity contribution in [2.75, 3.05) is 0 Å². The molecule has 15 heavy (non-hydrogen) atoms. The van der Waals surface area contributed by atoms with Gasteiger partial charge in [-0.1, -0.05) is 0 Å². The van der Waals surface area contributed by atoms with Gasteiger partial charge in [-0.2, -0.15) is 0 Å². The fourth-order valence-corrected chi connectivity index (χ4v) is 5.67. The number of hydrogen-bond donors (Lipinski definition) is 0. The Morgan fingerprint density at radius 1 is 0.733 bits per heavy atom. The molecule has 1 aliphatic heterocycles. The van der Waals surface area contributed by atoms with Gasteiger partial charge in [0.15, 0.2) is 0 Å². The quantitative estimate of drug-likeness (QED) is 0.624. The van der Waals surface area contributed by atoms with Crippen LogP contribution < -0.4 is 0 Å². The molecular weight excluding hydrogens is 245 g/mol. The predicted octanol–water partition coefficient (Wildman–Crippen LogP) is 2.51. The van der Waals surface area contributed by atoms with Crippen molar-refractivity contribution in [3.05, 3.63) is 0 Å². The van der Waals surface area contributed by atoms with Crippen LogP contribution in [0.2, 0.25) is 0 Å². The Balaban J connectivity index is 2.86. The summed E-state index contributed by atoms with van der Waals surface area (Å²) in [5.41, 5.74) is 0.654. The number of hydrogen-bond acceptors (Lipinski definition) is 2. The molecule has 0 aromatic heterocycles. The first kappa shape index (κ1) is 13.5. The number of nitrogens with zero attached hydrogens (tertiary/aromatic N) is 2. The Hall–Kier alpha value is 0.463. The van der Waals surface area contributed by atoms with Gasteiger partial charge in [0.2, 0.25) is 0 Å². The number of rotatable bonds is 0. The minimum atomic E-state index is -0.130. The second-order valence-corrected chi connectivity index (χ2v) is 9.10. The van der Waals surface area contributed by atoms with Crippen LogP contribution in [0.15, 0.2) is 0 Å². The van der Waals surface area contributed by atoms with Crippen molar-refractivity contribution in [3.8, 4) is 0 Å². The molecule has 1 heterocycles. The first-order chi connectivity index (χ1) is 6.55. The maximum atomic E-state index is 2.73. The Morgan fingerprint density at radius 3 is 1.13 bits per heavy atom. The molecule has 0 unspecified atom stereocenters. The zero-order chi connectivity index (χ0) is 12.0. The molecule has 0 spiro atoms. The summed E-state index contributed by atoms with van der Waals surface area (Å²) in [6.45, 7) is 18.8. The summed E-state index contributed by atoms with van der Waals surface area (Å²) in [7, 11) is 0. The molecule has 88 valence electrons. The standard InChI is InChI=1S/C12H26GeN2/c1-9-10(2)15(12(6,7)8)13-14(9)11(3,4)5/h9-10H,1-8H3/t9-,10-/m0/s1. The Morgan fingerprint density at radius 2 is 1.00 bits per heavy atom. The van der Waals surface area contributed by atoms with Gasteiger partial charge in [0.05, 0.1) is 0 Å². The van der Waals surface area contributed by atoms with E-state index >= 15 is 0 Å². The molecule has 0 amide bonds. The van der Waals surface area contributed by atoms with Gasteiger partial charge < -0.3 is 0 Å². The van der Waals surface area contributed by atoms with Crippen LogP contribution in [-0.2, 0) is 0 Å². The van der Waals surface area contributed by atoms with E-state index in [0.717, 1.165) is 0 Å². The third kappa shape index (κ3) is 2.77. The molecule has 0 aromatic carbocycles. The third-order valence-electron chi connectivity index (χ3n) is 3.17. The van der Waals surface area contributed by atoms with Gasteiger partial charge >= 0.3 is 102 Å². The fourth-order valence-electron chi connectivity index (χ4n) is 2.25. The van der Waals surface area contributed by atoms with Crippen LogP contribution in [0.25, 0.3) is 0 Å². The van der Waals surface area contributed by atoms with Crippen LogP contribution in [0.5, 0.6) is 0 Å². The first-order valence-electron chi connectivity index (χ1n) is 5.90. The zero-order valence-corrected chi connectivity index (χ0v) is 13.6. The van der Waals surface area contributed by atoms with E-state index in [9.17, 15) is 0 Å². The first-order valence-corrected chi connectivity index (χ1v) is 7.78. The van der Waals surface area contributed by atoms with Crippen molar-refractivity contribution < 1.29 is 0 Å². The van der Waals surface area contributed by atoms with E-state index in [1.165, 1.54) is 0 Å². The average Bonchev–Trinajstić information content (AvgIpc) is 2.26. The van der Waals surface area contributed by atoms with E-state index < -0.39 is 0 Å². The van der Waals surface area contributed by atoms with Crippen molar-refractivity contribution in [3.63, 3.8) is 0 Å². The third-order valence-corrected chi connectivity index (χ3v) is 8.60. The van der Waals surface area contributed by atoms with E-state index in [1.54, 1.807) is 0 Å². The van der Waals surface area contributed by atoms with Crippen LogP contribution in [0.4, 0.5) is 0 Å². The molecule has 0 saturated carbocycles. The second-order valence-electron chi connectivity index (χ2n) is 6.66. The maximum absolute atomic E-state index is 2.73. The van der Waals surface area contributed by atoms with Gasteiger partial charge in [0, 0.05) is 0 Å². The van der Waals surface area contributed by atoms with E-state index in [0.29, 0.717) is 23.2 Å². The Labute approximate surface area is 102 Å². The Kier molecular flexibility index (Phi) is 3.65. The summed E-state index contributed by atoms with van der Waals surface area (Å²) in [6, 6.07) is 1.40. The van der Waals surface area contributed by atoms with Gasteiger partial charge in [-0.25, -0.2) is 0 Å². The summed E-state index contributed by atoms with van der Waals surface area (Å²) in [5, 5.41) is 0. The van der Waals surface area contributed by atoms with Crippen LogP contribution in [0.1, 0.15) is 55.4 Å². The molecule has 0 aliphatic carbocycles. The summed E-state index contributed by atoms with van der Waals surface area (Å²) >= 11 is -0.130. The molecule has 0 bridgehead atoms. The predicted molar refractivity (Wildman–Crippen MR) is 67.9 cm³/mol. The van der Waals surface area contributed by atoms with Crippen molar-refractivity contribution in [1.29, 1.82) is 0 Å². The van der Waals surface area contributed by atoms with Crippen molar-refractivity contribution in [2.45, 2.75) is 78.6 Å². The summed E-state index contributed by atoms with van der Waals surface area (Å²) in [5.74, 6) is 0. The average molecular weight is 271 g/mol. The van der Waals surface area contributed by atoms with Gasteiger partial charge in [0.25, 0.3) is 0 Å². The van der Waals surface area contributed by atoms with E-state index in [4.69, 9.17) is 0 Å². The molecule has 0 N–H and O–H groups in total. The molecule has 3 heteroatoms. The summed E-state index contributed by atoms with van der Waals surface area (Å²) in [6.07, 6.45) is 0. The van der Waals surface area contributed by atoms with Crippen LogP contribution >= 0.6 is 0 Å². The normalized spacial score (nSPS) is 31.2. The molecule has 2 nitrogen and oxygen atoms in total. The summed E-state index contributed by atoms with van der Waals surface area (Å²) < 4.78 is 5.45. The minimum absolute atomic E-state index is 0.130. The van der Waals surface area contributed by atoms with Crippen molar-refractivity contribution in [2.24, 2.45) is 0 Å². The van der Waals surface area contributed by atoms with Crippen molar-refractivity contribution >= 4 is 15.9 Å². The monoisotopic (exact) mass is 272 g/mol. The SMILES string of the molecule is C[C@H]1[C@H](C)[N](C(C)(C)C)[Ge][N]1C(C)(C)C. The Bertz CT molecular complexity index is 203. The van der Waals surface area contributed by atoms with Crippen LogP contribution in [-0.4, -0.2) is 46.8 Å². The molecule has 0 aromatic rings. The van der Waals surface area contributed by atoms with Gasteiger partial charge in [-0.3, -0.25) is 0 Å². The topological polar surface area (TPSA) is 6.48 Å². The summed E-state index contributed by atoms with van der Waals surface area (Å²) in [4.78, 5) is 0. The molecule has 1 saturated heterocycles. The molecular formula is C12H26GeN2. The second kappa shape index (κ2) is 4.04. The molecule has 1 rings (SSSR count). The van der Waals surface area contributed by atoms with Crippen LogP contribution in [0.3, 0.4) is 0 Å². The van der Waals surface area contributed by atoms with Gasteiger partial charge in [-0.05, 0) is 0 Å². The fraction of sp³-hybridized carbons (Fsp3) is 1.00. The zero-order valence-electron chi connectivity index (χ0n) is 11.5. The molecule has 2 atom stereocenters. The molecule has 1 aliphatic rings. The van der Waals surface area contributed by atoms with Crippen molar-refractivity contribution in [1.82, 2.24) is 7.71 Å². The van der Waals surface area contributed by atoms with Gasteiger partial charge in [-0.15, -0.1) is 0 Å². The molecule has 2 radical (unpaired) electrons. The van der Waals surface area contributed by atoms with E-state index in [-0.39, 0.29) is 15.9 Å². The molecule has 1 fully saturated rings. The van der Waals surface area contributed by atoms with E-state index in [1.807, 2.05) is 0 Å². The van der Waals surface area contributed by atoms with E-state index in [2.05, 4.69) is 63.1 Å².